The first-order valence-corrected chi connectivity index (χ1v) is 6.44. The lowest BCUT2D eigenvalue weighted by Gasteiger charge is -2.29. The van der Waals surface area contributed by atoms with Crippen LogP contribution in [-0.2, 0) is 0 Å². The number of ketones is 1. The molecule has 1 aromatic carbocycles. The van der Waals surface area contributed by atoms with Gasteiger partial charge in [-0.15, -0.1) is 6.58 Å². The zero-order valence-electron chi connectivity index (χ0n) is 10.5. The Kier molecular flexibility index (Phi) is 4.94. The lowest BCUT2D eigenvalue weighted by molar-refractivity contribution is 0.101. The van der Waals surface area contributed by atoms with E-state index >= 15 is 0 Å². The van der Waals surface area contributed by atoms with Crippen LogP contribution in [0.3, 0.4) is 0 Å². The number of hydrogen-bond acceptors (Lipinski definition) is 2. The van der Waals surface area contributed by atoms with Crippen molar-refractivity contribution >= 4 is 27.4 Å². The summed E-state index contributed by atoms with van der Waals surface area (Å²) in [5, 5.41) is 0. The topological polar surface area (TPSA) is 20.3 Å². The normalized spacial score (nSPS) is 10.4. The van der Waals surface area contributed by atoms with Gasteiger partial charge in [0.25, 0.3) is 0 Å². The lowest BCUT2D eigenvalue weighted by atomic mass is 10.1. The van der Waals surface area contributed by atoms with E-state index in [1.807, 2.05) is 24.3 Å². The second-order valence-corrected chi connectivity index (χ2v) is 5.17. The van der Waals surface area contributed by atoms with E-state index in [1.165, 1.54) is 0 Å². The molecule has 0 aliphatic carbocycles. The van der Waals surface area contributed by atoms with E-state index in [0.29, 0.717) is 6.04 Å². The Balaban J connectivity index is 3.28. The van der Waals surface area contributed by atoms with Crippen LogP contribution in [0.1, 0.15) is 31.1 Å². The van der Waals surface area contributed by atoms with Gasteiger partial charge in [0, 0.05) is 28.3 Å². The molecule has 0 radical (unpaired) electrons. The predicted molar refractivity (Wildman–Crippen MR) is 76.8 cm³/mol. The van der Waals surface area contributed by atoms with Gasteiger partial charge in [-0.05, 0) is 39.0 Å². The fraction of sp³-hybridized carbons (Fsp3) is 0.357. The van der Waals surface area contributed by atoms with Gasteiger partial charge in [-0.25, -0.2) is 0 Å². The Hall–Kier alpha value is -1.09. The van der Waals surface area contributed by atoms with Crippen LogP contribution < -0.4 is 4.90 Å². The first-order valence-electron chi connectivity index (χ1n) is 5.65. The number of benzene rings is 1. The number of anilines is 1. The average Bonchev–Trinajstić information content (AvgIpc) is 2.24. The molecule has 0 aliphatic rings. The van der Waals surface area contributed by atoms with E-state index in [4.69, 9.17) is 0 Å². The summed E-state index contributed by atoms with van der Waals surface area (Å²) in [5.41, 5.74) is 1.71. The molecule has 0 unspecified atom stereocenters. The standard InChI is InChI=1S/C14H18BrNO/c1-5-8-16(10(2)3)14-9-12(15)6-7-13(14)11(4)17/h5-7,9-10H,1,8H2,2-4H3. The van der Waals surface area contributed by atoms with Crippen LogP contribution in [0, 0.1) is 0 Å². The quantitative estimate of drug-likeness (QED) is 0.603. The molecule has 0 aromatic heterocycles. The van der Waals surface area contributed by atoms with Crippen LogP contribution in [0.2, 0.25) is 0 Å². The number of carbonyl (C=O) groups excluding carboxylic acids is 1. The van der Waals surface area contributed by atoms with Gasteiger partial charge < -0.3 is 4.90 Å². The first kappa shape index (κ1) is 14.0. The highest BCUT2D eigenvalue weighted by Crippen LogP contribution is 2.27. The number of Topliss-reactive ketones (excluding diaryl/α,β-unsaturated/α-hetero) is 1. The SMILES string of the molecule is C=CCN(c1cc(Br)ccc1C(C)=O)C(C)C. The van der Waals surface area contributed by atoms with Gasteiger partial charge in [-0.3, -0.25) is 4.79 Å². The van der Waals surface area contributed by atoms with E-state index < -0.39 is 0 Å². The average molecular weight is 296 g/mol. The van der Waals surface area contributed by atoms with E-state index in [1.54, 1.807) is 6.92 Å². The van der Waals surface area contributed by atoms with Gasteiger partial charge >= 0.3 is 0 Å². The van der Waals surface area contributed by atoms with Gasteiger partial charge in [-0.1, -0.05) is 22.0 Å². The summed E-state index contributed by atoms with van der Waals surface area (Å²) in [4.78, 5) is 13.8. The minimum atomic E-state index is 0.0854. The highest BCUT2D eigenvalue weighted by molar-refractivity contribution is 9.10. The van der Waals surface area contributed by atoms with Crippen molar-refractivity contribution in [1.29, 1.82) is 0 Å². The van der Waals surface area contributed by atoms with Crippen molar-refractivity contribution in [3.8, 4) is 0 Å². The Bertz CT molecular complexity index is 426. The molecule has 0 aliphatic heterocycles. The second kappa shape index (κ2) is 6.01. The highest BCUT2D eigenvalue weighted by atomic mass is 79.9. The molecule has 17 heavy (non-hydrogen) atoms. The Morgan fingerprint density at radius 2 is 2.18 bits per heavy atom. The molecule has 0 bridgehead atoms. The van der Waals surface area contributed by atoms with Crippen molar-refractivity contribution in [2.75, 3.05) is 11.4 Å². The first-order chi connectivity index (χ1) is 7.97. The fourth-order valence-electron chi connectivity index (χ4n) is 1.77. The van der Waals surface area contributed by atoms with Crippen LogP contribution in [0.5, 0.6) is 0 Å². The largest absolute Gasteiger partial charge is 0.365 e. The monoisotopic (exact) mass is 295 g/mol. The maximum atomic E-state index is 11.6. The zero-order valence-corrected chi connectivity index (χ0v) is 12.1. The Morgan fingerprint density at radius 3 is 2.65 bits per heavy atom. The zero-order chi connectivity index (χ0) is 13.0. The molecule has 92 valence electrons. The summed E-state index contributed by atoms with van der Waals surface area (Å²) in [6.07, 6.45) is 1.85. The number of carbonyl (C=O) groups is 1. The summed E-state index contributed by atoms with van der Waals surface area (Å²) in [6.45, 7) is 10.3. The highest BCUT2D eigenvalue weighted by Gasteiger charge is 2.16. The van der Waals surface area contributed by atoms with E-state index in [2.05, 4.69) is 41.3 Å². The molecular weight excluding hydrogens is 278 g/mol. The molecule has 0 fully saturated rings. The number of rotatable bonds is 5. The number of halogens is 1. The van der Waals surface area contributed by atoms with Crippen molar-refractivity contribution in [2.24, 2.45) is 0 Å². The molecule has 0 N–H and O–H groups in total. The Morgan fingerprint density at radius 1 is 1.53 bits per heavy atom. The van der Waals surface area contributed by atoms with Gasteiger partial charge in [0.15, 0.2) is 5.78 Å². The molecule has 0 saturated carbocycles. The second-order valence-electron chi connectivity index (χ2n) is 4.25. The van der Waals surface area contributed by atoms with Gasteiger partial charge in [0.1, 0.15) is 0 Å². The minimum Gasteiger partial charge on any atom is -0.365 e. The fourth-order valence-corrected chi connectivity index (χ4v) is 2.12. The van der Waals surface area contributed by atoms with Crippen LogP contribution in [0.25, 0.3) is 0 Å². The molecule has 0 saturated heterocycles. The molecular formula is C14H18BrNO. The minimum absolute atomic E-state index is 0.0854. The molecule has 3 heteroatoms. The van der Waals surface area contributed by atoms with E-state index in [-0.39, 0.29) is 5.78 Å². The lowest BCUT2D eigenvalue weighted by Crippen LogP contribution is -2.32. The molecule has 0 heterocycles. The smallest absolute Gasteiger partial charge is 0.161 e. The summed E-state index contributed by atoms with van der Waals surface area (Å²) in [6, 6.07) is 6.06. The summed E-state index contributed by atoms with van der Waals surface area (Å²) in [7, 11) is 0. The molecule has 1 rings (SSSR count). The molecule has 2 nitrogen and oxygen atoms in total. The van der Waals surface area contributed by atoms with Gasteiger partial charge in [0.05, 0.1) is 0 Å². The molecule has 0 atom stereocenters. The molecule has 0 amide bonds. The maximum absolute atomic E-state index is 11.6. The summed E-state index contributed by atoms with van der Waals surface area (Å²) < 4.78 is 0.979. The molecule has 1 aromatic rings. The molecule has 0 spiro atoms. The van der Waals surface area contributed by atoms with Crippen molar-refractivity contribution < 1.29 is 4.79 Å². The third-order valence-corrected chi connectivity index (χ3v) is 3.09. The van der Waals surface area contributed by atoms with Crippen molar-refractivity contribution in [3.05, 3.63) is 40.9 Å². The third kappa shape index (κ3) is 3.43. The third-order valence-electron chi connectivity index (χ3n) is 2.60. The van der Waals surface area contributed by atoms with Crippen LogP contribution in [0.4, 0.5) is 5.69 Å². The Labute approximate surface area is 111 Å². The van der Waals surface area contributed by atoms with Crippen molar-refractivity contribution in [1.82, 2.24) is 0 Å². The maximum Gasteiger partial charge on any atom is 0.161 e. The van der Waals surface area contributed by atoms with Crippen LogP contribution >= 0.6 is 15.9 Å². The van der Waals surface area contributed by atoms with Gasteiger partial charge in [0.2, 0.25) is 0 Å². The van der Waals surface area contributed by atoms with E-state index in [9.17, 15) is 4.79 Å². The summed E-state index contributed by atoms with van der Waals surface area (Å²) in [5.74, 6) is 0.0854. The van der Waals surface area contributed by atoms with Gasteiger partial charge in [-0.2, -0.15) is 0 Å². The number of nitrogens with zero attached hydrogens (tertiary/aromatic N) is 1. The van der Waals surface area contributed by atoms with E-state index in [0.717, 1.165) is 22.3 Å². The van der Waals surface area contributed by atoms with Crippen LogP contribution in [0.15, 0.2) is 35.3 Å². The predicted octanol–water partition coefficient (Wildman–Crippen LogP) is 4.05. The van der Waals surface area contributed by atoms with Crippen molar-refractivity contribution in [3.63, 3.8) is 0 Å². The summed E-state index contributed by atoms with van der Waals surface area (Å²) >= 11 is 3.45. The number of hydrogen-bond donors (Lipinski definition) is 0. The van der Waals surface area contributed by atoms with Crippen LogP contribution in [-0.4, -0.2) is 18.4 Å². The van der Waals surface area contributed by atoms with Crippen molar-refractivity contribution in [2.45, 2.75) is 26.8 Å².